The zero-order valence-electron chi connectivity index (χ0n) is 14.0. The van der Waals surface area contributed by atoms with Crippen molar-refractivity contribution in [1.29, 1.82) is 0 Å². The van der Waals surface area contributed by atoms with Crippen molar-refractivity contribution in [3.05, 3.63) is 64.4 Å². The molecule has 2 aromatic carbocycles. The average Bonchev–Trinajstić information content (AvgIpc) is 2.91. The van der Waals surface area contributed by atoms with Crippen LogP contribution in [0.5, 0.6) is 0 Å². The van der Waals surface area contributed by atoms with Crippen molar-refractivity contribution in [2.75, 3.05) is 5.32 Å². The highest BCUT2D eigenvalue weighted by Gasteiger charge is 2.13. The Morgan fingerprint density at radius 1 is 1.00 bits per heavy atom. The Balaban J connectivity index is 1.83. The van der Waals surface area contributed by atoms with E-state index in [0.717, 1.165) is 33.3 Å². The topological polar surface area (TPSA) is 42.2 Å². The Morgan fingerprint density at radius 3 is 2.52 bits per heavy atom. The lowest BCUT2D eigenvalue weighted by atomic mass is 10.0. The monoisotopic (exact) mass is 307 g/mol. The lowest BCUT2D eigenvalue weighted by Crippen LogP contribution is -2.15. The highest BCUT2D eigenvalue weighted by molar-refractivity contribution is 5.96. The smallest absolute Gasteiger partial charge is 0.228 e. The molecule has 0 bridgehead atoms. The van der Waals surface area contributed by atoms with Crippen molar-refractivity contribution in [2.24, 2.45) is 0 Å². The van der Waals surface area contributed by atoms with Crippen molar-refractivity contribution in [3.63, 3.8) is 0 Å². The van der Waals surface area contributed by atoms with Gasteiger partial charge in [0.25, 0.3) is 0 Å². The van der Waals surface area contributed by atoms with Gasteiger partial charge < -0.3 is 9.73 Å². The molecular formula is C20H21NO2. The predicted octanol–water partition coefficient (Wildman–Crippen LogP) is 4.85. The standard InChI is InChI=1S/C20H21NO2/c1-12-6-5-7-18(14(12)3)21-19(22)10-16-11-23-20-15(4)13(2)8-9-17(16)20/h5-9,11H,10H2,1-4H3,(H,21,22). The molecule has 0 saturated carbocycles. The van der Waals surface area contributed by atoms with Crippen LogP contribution in [-0.4, -0.2) is 5.91 Å². The van der Waals surface area contributed by atoms with Crippen molar-refractivity contribution in [3.8, 4) is 0 Å². The highest BCUT2D eigenvalue weighted by Crippen LogP contribution is 2.27. The summed E-state index contributed by atoms with van der Waals surface area (Å²) >= 11 is 0. The van der Waals surface area contributed by atoms with Crippen LogP contribution in [0.3, 0.4) is 0 Å². The summed E-state index contributed by atoms with van der Waals surface area (Å²) in [6.07, 6.45) is 2.00. The Kier molecular flexibility index (Phi) is 3.95. The number of hydrogen-bond acceptors (Lipinski definition) is 2. The third-order valence-corrected chi connectivity index (χ3v) is 4.57. The summed E-state index contributed by atoms with van der Waals surface area (Å²) in [5.74, 6) is -0.0281. The number of furan rings is 1. The van der Waals surface area contributed by atoms with Crippen molar-refractivity contribution in [2.45, 2.75) is 34.1 Å². The first-order valence-electron chi connectivity index (χ1n) is 7.79. The molecular weight excluding hydrogens is 286 g/mol. The van der Waals surface area contributed by atoms with E-state index in [-0.39, 0.29) is 5.91 Å². The molecule has 1 N–H and O–H groups in total. The van der Waals surface area contributed by atoms with Crippen LogP contribution in [0.1, 0.15) is 27.8 Å². The minimum absolute atomic E-state index is 0.0281. The number of amides is 1. The van der Waals surface area contributed by atoms with Crippen LogP contribution >= 0.6 is 0 Å². The number of rotatable bonds is 3. The molecule has 0 aliphatic carbocycles. The lowest BCUT2D eigenvalue weighted by Gasteiger charge is -2.10. The summed E-state index contributed by atoms with van der Waals surface area (Å²) in [5, 5.41) is 4.02. The molecule has 0 saturated heterocycles. The fourth-order valence-electron chi connectivity index (χ4n) is 2.78. The molecule has 1 aromatic heterocycles. The molecule has 3 heteroatoms. The fraction of sp³-hybridized carbons (Fsp3) is 0.250. The molecule has 3 rings (SSSR count). The van der Waals surface area contributed by atoms with Gasteiger partial charge in [0.1, 0.15) is 5.58 Å². The van der Waals surface area contributed by atoms with E-state index in [2.05, 4.69) is 18.3 Å². The third-order valence-electron chi connectivity index (χ3n) is 4.57. The molecule has 0 aliphatic rings. The maximum atomic E-state index is 12.4. The van der Waals surface area contributed by atoms with Gasteiger partial charge in [-0.05, 0) is 56.0 Å². The van der Waals surface area contributed by atoms with E-state index in [4.69, 9.17) is 4.42 Å². The van der Waals surface area contributed by atoms with E-state index in [9.17, 15) is 4.79 Å². The molecule has 0 spiro atoms. The molecule has 0 aliphatic heterocycles. The summed E-state index contributed by atoms with van der Waals surface area (Å²) in [6, 6.07) is 10.0. The highest BCUT2D eigenvalue weighted by atomic mass is 16.3. The maximum absolute atomic E-state index is 12.4. The molecule has 0 fully saturated rings. The van der Waals surface area contributed by atoms with Gasteiger partial charge in [-0.2, -0.15) is 0 Å². The van der Waals surface area contributed by atoms with Gasteiger partial charge in [0.2, 0.25) is 5.91 Å². The van der Waals surface area contributed by atoms with Gasteiger partial charge in [-0.1, -0.05) is 24.3 Å². The minimum atomic E-state index is -0.0281. The van der Waals surface area contributed by atoms with Gasteiger partial charge in [0.05, 0.1) is 12.7 Å². The first-order chi connectivity index (χ1) is 11.0. The number of anilines is 1. The number of hydrogen-bond donors (Lipinski definition) is 1. The molecule has 0 atom stereocenters. The molecule has 3 aromatic rings. The van der Waals surface area contributed by atoms with Gasteiger partial charge in [0.15, 0.2) is 0 Å². The Labute approximate surface area is 136 Å². The summed E-state index contributed by atoms with van der Waals surface area (Å²) in [5.41, 5.74) is 7.26. The van der Waals surface area contributed by atoms with Crippen LogP contribution in [0.25, 0.3) is 11.0 Å². The number of benzene rings is 2. The van der Waals surface area contributed by atoms with Crippen molar-refractivity contribution < 1.29 is 9.21 Å². The Morgan fingerprint density at radius 2 is 1.74 bits per heavy atom. The van der Waals surface area contributed by atoms with E-state index in [1.807, 2.05) is 45.0 Å². The second kappa shape index (κ2) is 5.92. The molecule has 118 valence electrons. The zero-order valence-corrected chi connectivity index (χ0v) is 14.0. The lowest BCUT2D eigenvalue weighted by molar-refractivity contribution is -0.115. The van der Waals surface area contributed by atoms with E-state index in [0.29, 0.717) is 6.42 Å². The van der Waals surface area contributed by atoms with E-state index in [1.54, 1.807) is 6.26 Å². The van der Waals surface area contributed by atoms with Crippen LogP contribution in [-0.2, 0) is 11.2 Å². The number of aryl methyl sites for hydroxylation is 3. The van der Waals surface area contributed by atoms with Crippen LogP contribution < -0.4 is 5.32 Å². The number of fused-ring (bicyclic) bond motifs is 1. The van der Waals surface area contributed by atoms with Crippen molar-refractivity contribution in [1.82, 2.24) is 0 Å². The Hall–Kier alpha value is -2.55. The number of carbonyl (C=O) groups excluding carboxylic acids is 1. The second-order valence-electron chi connectivity index (χ2n) is 6.12. The minimum Gasteiger partial charge on any atom is -0.464 e. The first kappa shape index (κ1) is 15.3. The van der Waals surface area contributed by atoms with Gasteiger partial charge >= 0.3 is 0 Å². The normalized spacial score (nSPS) is 11.0. The van der Waals surface area contributed by atoms with Crippen LogP contribution in [0.4, 0.5) is 5.69 Å². The molecule has 0 radical (unpaired) electrons. The molecule has 23 heavy (non-hydrogen) atoms. The molecule has 3 nitrogen and oxygen atoms in total. The second-order valence-corrected chi connectivity index (χ2v) is 6.12. The zero-order chi connectivity index (χ0) is 16.6. The predicted molar refractivity (Wildman–Crippen MR) is 93.9 cm³/mol. The largest absolute Gasteiger partial charge is 0.464 e. The fourth-order valence-corrected chi connectivity index (χ4v) is 2.78. The quantitative estimate of drug-likeness (QED) is 0.751. The van der Waals surface area contributed by atoms with Gasteiger partial charge in [-0.15, -0.1) is 0 Å². The van der Waals surface area contributed by atoms with Gasteiger partial charge in [-0.25, -0.2) is 0 Å². The van der Waals surface area contributed by atoms with Crippen LogP contribution in [0.15, 0.2) is 41.0 Å². The third kappa shape index (κ3) is 2.87. The van der Waals surface area contributed by atoms with E-state index < -0.39 is 0 Å². The van der Waals surface area contributed by atoms with Crippen LogP contribution in [0.2, 0.25) is 0 Å². The average molecular weight is 307 g/mol. The first-order valence-corrected chi connectivity index (χ1v) is 7.79. The van der Waals surface area contributed by atoms with E-state index >= 15 is 0 Å². The Bertz CT molecular complexity index is 890. The molecule has 1 amide bonds. The summed E-state index contributed by atoms with van der Waals surface area (Å²) in [6.45, 7) is 8.16. The van der Waals surface area contributed by atoms with Gasteiger partial charge in [-0.3, -0.25) is 4.79 Å². The number of carbonyl (C=O) groups is 1. The molecule has 1 heterocycles. The molecule has 0 unspecified atom stereocenters. The SMILES string of the molecule is Cc1cccc(NC(=O)Cc2coc3c(C)c(C)ccc23)c1C. The summed E-state index contributed by atoms with van der Waals surface area (Å²) in [7, 11) is 0. The van der Waals surface area contributed by atoms with E-state index in [1.165, 1.54) is 11.1 Å². The summed E-state index contributed by atoms with van der Waals surface area (Å²) in [4.78, 5) is 12.4. The van der Waals surface area contributed by atoms with Gasteiger partial charge in [0, 0.05) is 16.6 Å². The van der Waals surface area contributed by atoms with Crippen molar-refractivity contribution >= 4 is 22.6 Å². The summed E-state index contributed by atoms with van der Waals surface area (Å²) < 4.78 is 5.67. The number of nitrogens with one attached hydrogen (secondary N) is 1. The maximum Gasteiger partial charge on any atom is 0.228 e. The van der Waals surface area contributed by atoms with Crippen LogP contribution in [0, 0.1) is 27.7 Å².